The maximum Gasteiger partial charge on any atom is 0.220 e. The summed E-state index contributed by atoms with van der Waals surface area (Å²) >= 11 is 0. The molecule has 0 aromatic heterocycles. The zero-order valence-corrected chi connectivity index (χ0v) is 24.2. The van der Waals surface area contributed by atoms with E-state index in [1.807, 2.05) is 0 Å². The van der Waals surface area contributed by atoms with E-state index in [4.69, 9.17) is 0 Å². The van der Waals surface area contributed by atoms with Gasteiger partial charge in [0.1, 0.15) is 0 Å². The van der Waals surface area contributed by atoms with E-state index in [0.717, 1.165) is 32.1 Å². The fraction of sp³-hybridized carbons (Fsp3) is 0.969. The highest BCUT2D eigenvalue weighted by Gasteiger charge is 2.10. The third-order valence-electron chi connectivity index (χ3n) is 7.50. The predicted octanol–water partition coefficient (Wildman–Crippen LogP) is 10.0. The molecule has 0 saturated carbocycles. The average Bonchev–Trinajstić information content (AvgIpc) is 2.87. The average molecular weight is 496 g/mol. The summed E-state index contributed by atoms with van der Waals surface area (Å²) in [4.78, 5) is 12.0. The van der Waals surface area contributed by atoms with Crippen molar-refractivity contribution < 1.29 is 9.90 Å². The fourth-order valence-electron chi connectivity index (χ4n) is 5.03. The first-order valence-corrected chi connectivity index (χ1v) is 16.1. The van der Waals surface area contributed by atoms with Crippen molar-refractivity contribution in [1.82, 2.24) is 5.32 Å². The Morgan fingerprint density at radius 2 is 0.829 bits per heavy atom. The Hall–Kier alpha value is -0.570. The van der Waals surface area contributed by atoms with Crippen LogP contribution in [0.3, 0.4) is 0 Å². The standard InChI is InChI=1S/C32H65NO2/c1-3-5-7-8-9-10-11-12-13-14-15-16-17-18-19-20-21-22-23-24-25-26-27-29-32(35)33-31(30-34)28-6-4-2/h31,34H,3-30H2,1-2H3,(H,33,35). The number of hydrogen-bond acceptors (Lipinski definition) is 2. The number of aliphatic hydroxyl groups excluding tert-OH is 1. The summed E-state index contributed by atoms with van der Waals surface area (Å²) in [7, 11) is 0. The Balaban J connectivity index is 3.19. The molecule has 210 valence electrons. The maximum absolute atomic E-state index is 12.0. The van der Waals surface area contributed by atoms with Gasteiger partial charge in [0, 0.05) is 6.42 Å². The molecular weight excluding hydrogens is 430 g/mol. The van der Waals surface area contributed by atoms with Crippen LogP contribution in [0.2, 0.25) is 0 Å². The molecule has 1 unspecified atom stereocenters. The molecule has 0 spiro atoms. The summed E-state index contributed by atoms with van der Waals surface area (Å²) in [6.45, 7) is 4.49. The van der Waals surface area contributed by atoms with Gasteiger partial charge >= 0.3 is 0 Å². The SMILES string of the molecule is CCCCCCCCCCCCCCCCCCCCCCCCCC(=O)NC(CO)CCCC. The molecule has 0 aliphatic carbocycles. The Kier molecular flexibility index (Phi) is 29.2. The van der Waals surface area contributed by atoms with E-state index in [-0.39, 0.29) is 18.6 Å². The lowest BCUT2D eigenvalue weighted by atomic mass is 10.0. The van der Waals surface area contributed by atoms with Crippen LogP contribution >= 0.6 is 0 Å². The predicted molar refractivity (Wildman–Crippen MR) is 155 cm³/mol. The number of unbranched alkanes of at least 4 members (excludes halogenated alkanes) is 23. The summed E-state index contributed by atoms with van der Waals surface area (Å²) in [6, 6.07) is -0.0491. The zero-order valence-electron chi connectivity index (χ0n) is 24.2. The monoisotopic (exact) mass is 496 g/mol. The molecule has 2 N–H and O–H groups in total. The fourth-order valence-corrected chi connectivity index (χ4v) is 5.03. The van der Waals surface area contributed by atoms with Gasteiger partial charge in [-0.15, -0.1) is 0 Å². The molecular formula is C32H65NO2. The van der Waals surface area contributed by atoms with Crippen molar-refractivity contribution in [3.05, 3.63) is 0 Å². The van der Waals surface area contributed by atoms with E-state index >= 15 is 0 Å². The second-order valence-electron chi connectivity index (χ2n) is 11.1. The van der Waals surface area contributed by atoms with E-state index in [2.05, 4.69) is 19.2 Å². The number of aliphatic hydroxyl groups is 1. The second kappa shape index (κ2) is 29.7. The minimum atomic E-state index is -0.0491. The molecule has 0 rings (SSSR count). The van der Waals surface area contributed by atoms with Crippen LogP contribution in [-0.2, 0) is 4.79 Å². The number of amides is 1. The van der Waals surface area contributed by atoms with Crippen molar-refractivity contribution in [3.63, 3.8) is 0 Å². The van der Waals surface area contributed by atoms with Gasteiger partial charge < -0.3 is 10.4 Å². The summed E-state index contributed by atoms with van der Waals surface area (Å²) in [6.07, 6.45) is 35.7. The van der Waals surface area contributed by atoms with Gasteiger partial charge in [-0.3, -0.25) is 4.79 Å². The molecule has 3 heteroatoms. The molecule has 0 aliphatic heterocycles. The third kappa shape index (κ3) is 27.9. The molecule has 1 amide bonds. The Labute approximate surface area is 221 Å². The molecule has 0 bridgehead atoms. The van der Waals surface area contributed by atoms with Crippen molar-refractivity contribution >= 4 is 5.91 Å². The number of nitrogens with one attached hydrogen (secondary N) is 1. The van der Waals surface area contributed by atoms with Crippen LogP contribution in [0.25, 0.3) is 0 Å². The van der Waals surface area contributed by atoms with Crippen molar-refractivity contribution in [2.45, 2.75) is 193 Å². The van der Waals surface area contributed by atoms with Crippen molar-refractivity contribution in [1.29, 1.82) is 0 Å². The topological polar surface area (TPSA) is 49.3 Å². The quantitative estimate of drug-likeness (QED) is 0.101. The molecule has 0 saturated heterocycles. The van der Waals surface area contributed by atoms with Gasteiger partial charge in [0.2, 0.25) is 5.91 Å². The van der Waals surface area contributed by atoms with E-state index in [1.165, 1.54) is 135 Å². The first-order chi connectivity index (χ1) is 17.2. The van der Waals surface area contributed by atoms with Crippen molar-refractivity contribution in [3.8, 4) is 0 Å². The minimum absolute atomic E-state index is 0.0491. The van der Waals surface area contributed by atoms with Crippen LogP contribution < -0.4 is 5.32 Å². The molecule has 0 fully saturated rings. The van der Waals surface area contributed by atoms with E-state index in [0.29, 0.717) is 6.42 Å². The zero-order chi connectivity index (χ0) is 25.7. The Bertz CT molecular complexity index is 412. The van der Waals surface area contributed by atoms with Crippen LogP contribution in [0, 0.1) is 0 Å². The highest BCUT2D eigenvalue weighted by atomic mass is 16.3. The van der Waals surface area contributed by atoms with Crippen molar-refractivity contribution in [2.24, 2.45) is 0 Å². The Morgan fingerprint density at radius 1 is 0.514 bits per heavy atom. The molecule has 1 atom stereocenters. The van der Waals surface area contributed by atoms with Crippen LogP contribution in [0.15, 0.2) is 0 Å². The lowest BCUT2D eigenvalue weighted by molar-refractivity contribution is -0.122. The van der Waals surface area contributed by atoms with Gasteiger partial charge in [0.25, 0.3) is 0 Å². The van der Waals surface area contributed by atoms with Crippen molar-refractivity contribution in [2.75, 3.05) is 6.61 Å². The van der Waals surface area contributed by atoms with Gasteiger partial charge in [0.05, 0.1) is 12.6 Å². The first kappa shape index (κ1) is 34.4. The van der Waals surface area contributed by atoms with Crippen LogP contribution in [0.4, 0.5) is 0 Å². The minimum Gasteiger partial charge on any atom is -0.394 e. The van der Waals surface area contributed by atoms with Gasteiger partial charge in [-0.25, -0.2) is 0 Å². The van der Waals surface area contributed by atoms with Crippen LogP contribution in [0.5, 0.6) is 0 Å². The highest BCUT2D eigenvalue weighted by Crippen LogP contribution is 2.15. The normalized spacial score (nSPS) is 12.2. The van der Waals surface area contributed by atoms with Gasteiger partial charge in [-0.2, -0.15) is 0 Å². The van der Waals surface area contributed by atoms with E-state index in [1.54, 1.807) is 0 Å². The molecule has 35 heavy (non-hydrogen) atoms. The largest absolute Gasteiger partial charge is 0.394 e. The van der Waals surface area contributed by atoms with Gasteiger partial charge in [-0.05, 0) is 12.8 Å². The Morgan fingerprint density at radius 3 is 1.14 bits per heavy atom. The molecule has 3 nitrogen and oxygen atoms in total. The van der Waals surface area contributed by atoms with Gasteiger partial charge in [0.15, 0.2) is 0 Å². The lowest BCUT2D eigenvalue weighted by Crippen LogP contribution is -2.37. The first-order valence-electron chi connectivity index (χ1n) is 16.1. The van der Waals surface area contributed by atoms with Crippen LogP contribution in [0.1, 0.15) is 187 Å². The summed E-state index contributed by atoms with van der Waals surface area (Å²) in [5.41, 5.74) is 0. The summed E-state index contributed by atoms with van der Waals surface area (Å²) < 4.78 is 0. The summed E-state index contributed by atoms with van der Waals surface area (Å²) in [5, 5.41) is 12.3. The maximum atomic E-state index is 12.0. The van der Waals surface area contributed by atoms with E-state index < -0.39 is 0 Å². The van der Waals surface area contributed by atoms with E-state index in [9.17, 15) is 9.90 Å². The lowest BCUT2D eigenvalue weighted by Gasteiger charge is -2.15. The molecule has 0 aromatic rings. The highest BCUT2D eigenvalue weighted by molar-refractivity contribution is 5.76. The number of hydrogen-bond donors (Lipinski definition) is 2. The van der Waals surface area contributed by atoms with Crippen LogP contribution in [-0.4, -0.2) is 23.7 Å². The molecule has 0 radical (unpaired) electrons. The smallest absolute Gasteiger partial charge is 0.220 e. The second-order valence-corrected chi connectivity index (χ2v) is 11.1. The summed E-state index contributed by atoms with van der Waals surface area (Å²) in [5.74, 6) is 0.114. The molecule has 0 heterocycles. The number of rotatable bonds is 29. The number of carbonyl (C=O) groups excluding carboxylic acids is 1. The molecule has 0 aliphatic rings. The number of carbonyl (C=O) groups is 1. The molecule has 0 aromatic carbocycles. The van der Waals surface area contributed by atoms with Gasteiger partial charge in [-0.1, -0.05) is 168 Å². The third-order valence-corrected chi connectivity index (χ3v) is 7.50.